The van der Waals surface area contributed by atoms with Crippen LogP contribution in [0, 0.1) is 6.92 Å². The number of rotatable bonds is 8. The molecule has 0 saturated carbocycles. The summed E-state index contributed by atoms with van der Waals surface area (Å²) in [7, 11) is 1.68. The fraction of sp³-hybridized carbons (Fsp3) is 0.238. The molecule has 0 spiro atoms. The second kappa shape index (κ2) is 8.85. The van der Waals surface area contributed by atoms with Gasteiger partial charge in [-0.2, -0.15) is 4.98 Å². The molecule has 0 amide bonds. The van der Waals surface area contributed by atoms with Crippen LogP contribution in [0.3, 0.4) is 0 Å². The topological polar surface area (TPSA) is 59.1 Å². The highest BCUT2D eigenvalue weighted by Crippen LogP contribution is 2.13. The average molecular weight is 348 g/mol. The first-order chi connectivity index (χ1) is 12.7. The molecule has 0 aliphatic carbocycles. The van der Waals surface area contributed by atoms with Crippen LogP contribution in [0.2, 0.25) is 0 Å². The summed E-state index contributed by atoms with van der Waals surface area (Å²) in [5.74, 6) is 2.35. The molecule has 0 aliphatic rings. The predicted octanol–water partition coefficient (Wildman–Crippen LogP) is 4.06. The smallest absolute Gasteiger partial charge is 0.224 e. The number of anilines is 2. The molecule has 0 atom stereocenters. The summed E-state index contributed by atoms with van der Waals surface area (Å²) in [4.78, 5) is 9.02. The lowest BCUT2D eigenvalue weighted by molar-refractivity contribution is 0.414. The lowest BCUT2D eigenvalue weighted by Crippen LogP contribution is -2.10. The number of benzene rings is 2. The largest absolute Gasteiger partial charge is 0.497 e. The number of aromatic nitrogens is 2. The molecule has 0 fully saturated rings. The maximum atomic E-state index is 5.18. The van der Waals surface area contributed by atoms with E-state index in [1.54, 1.807) is 7.11 Å². The van der Waals surface area contributed by atoms with Crippen molar-refractivity contribution in [2.45, 2.75) is 19.9 Å². The normalized spacial score (nSPS) is 10.4. The minimum absolute atomic E-state index is 0.647. The molecule has 3 aromatic rings. The number of hydrogen-bond donors (Lipinski definition) is 2. The molecule has 134 valence electrons. The summed E-state index contributed by atoms with van der Waals surface area (Å²) in [5, 5.41) is 6.67. The minimum Gasteiger partial charge on any atom is -0.497 e. The van der Waals surface area contributed by atoms with Crippen molar-refractivity contribution in [1.82, 2.24) is 9.97 Å². The molecule has 2 aromatic carbocycles. The monoisotopic (exact) mass is 348 g/mol. The first-order valence-corrected chi connectivity index (χ1v) is 8.73. The highest BCUT2D eigenvalue weighted by atomic mass is 16.5. The van der Waals surface area contributed by atoms with Crippen molar-refractivity contribution in [2.75, 3.05) is 24.3 Å². The molecule has 3 rings (SSSR count). The number of methoxy groups -OCH3 is 1. The van der Waals surface area contributed by atoms with E-state index in [0.717, 1.165) is 36.8 Å². The van der Waals surface area contributed by atoms with Crippen molar-refractivity contribution >= 4 is 11.8 Å². The highest BCUT2D eigenvalue weighted by Gasteiger charge is 2.03. The van der Waals surface area contributed by atoms with Crippen LogP contribution in [0.1, 0.15) is 16.8 Å². The summed E-state index contributed by atoms with van der Waals surface area (Å²) in [6.07, 6.45) is 0.897. The second-order valence-electron chi connectivity index (χ2n) is 6.08. The summed E-state index contributed by atoms with van der Waals surface area (Å²) in [5.41, 5.74) is 3.40. The summed E-state index contributed by atoms with van der Waals surface area (Å²) in [6, 6.07) is 20.3. The van der Waals surface area contributed by atoms with Gasteiger partial charge in [-0.15, -0.1) is 0 Å². The Hall–Kier alpha value is -3.08. The Morgan fingerprint density at radius 3 is 2.38 bits per heavy atom. The molecule has 2 N–H and O–H groups in total. The molecule has 5 nitrogen and oxygen atoms in total. The van der Waals surface area contributed by atoms with E-state index in [9.17, 15) is 0 Å². The van der Waals surface area contributed by atoms with Crippen LogP contribution in [0.4, 0.5) is 11.8 Å². The fourth-order valence-electron chi connectivity index (χ4n) is 2.64. The van der Waals surface area contributed by atoms with Crippen molar-refractivity contribution in [3.63, 3.8) is 0 Å². The van der Waals surface area contributed by atoms with Crippen LogP contribution in [0.25, 0.3) is 0 Å². The Kier molecular flexibility index (Phi) is 6.04. The van der Waals surface area contributed by atoms with E-state index in [4.69, 9.17) is 4.74 Å². The van der Waals surface area contributed by atoms with Crippen LogP contribution >= 0.6 is 0 Å². The fourth-order valence-corrected chi connectivity index (χ4v) is 2.64. The first-order valence-electron chi connectivity index (χ1n) is 8.73. The molecule has 1 aromatic heterocycles. The van der Waals surface area contributed by atoms with Gasteiger partial charge in [0.25, 0.3) is 0 Å². The predicted molar refractivity (Wildman–Crippen MR) is 106 cm³/mol. The number of hydrogen-bond acceptors (Lipinski definition) is 5. The molecular formula is C21H24N4O. The Labute approximate surface area is 154 Å². The van der Waals surface area contributed by atoms with E-state index in [0.29, 0.717) is 5.95 Å². The Morgan fingerprint density at radius 2 is 1.65 bits per heavy atom. The molecule has 26 heavy (non-hydrogen) atoms. The van der Waals surface area contributed by atoms with Gasteiger partial charge >= 0.3 is 0 Å². The molecule has 0 unspecified atom stereocenters. The van der Waals surface area contributed by atoms with Crippen molar-refractivity contribution < 1.29 is 4.74 Å². The zero-order valence-corrected chi connectivity index (χ0v) is 15.2. The average Bonchev–Trinajstić information content (AvgIpc) is 2.67. The molecule has 5 heteroatoms. The van der Waals surface area contributed by atoms with Gasteiger partial charge in [-0.25, -0.2) is 4.98 Å². The minimum atomic E-state index is 0.647. The zero-order chi connectivity index (χ0) is 18.2. The van der Waals surface area contributed by atoms with Gasteiger partial charge in [0.2, 0.25) is 5.95 Å². The quantitative estimate of drug-likeness (QED) is 0.643. The highest BCUT2D eigenvalue weighted by molar-refractivity contribution is 5.43. The first kappa shape index (κ1) is 17.7. The summed E-state index contributed by atoms with van der Waals surface area (Å²) in [6.45, 7) is 3.49. The van der Waals surface area contributed by atoms with Crippen LogP contribution < -0.4 is 15.4 Å². The van der Waals surface area contributed by atoms with Crippen LogP contribution in [0.5, 0.6) is 5.75 Å². The maximum absolute atomic E-state index is 5.18. The van der Waals surface area contributed by atoms with Gasteiger partial charge < -0.3 is 15.4 Å². The molecule has 0 aliphatic heterocycles. The van der Waals surface area contributed by atoms with Gasteiger partial charge in [0.1, 0.15) is 11.6 Å². The van der Waals surface area contributed by atoms with E-state index in [1.807, 2.05) is 43.3 Å². The third-order valence-corrected chi connectivity index (χ3v) is 4.03. The number of aryl methyl sites for hydroxylation is 1. The van der Waals surface area contributed by atoms with Crippen molar-refractivity contribution in [3.05, 3.63) is 77.5 Å². The third-order valence-electron chi connectivity index (χ3n) is 4.03. The van der Waals surface area contributed by atoms with E-state index < -0.39 is 0 Å². The van der Waals surface area contributed by atoms with E-state index >= 15 is 0 Å². The van der Waals surface area contributed by atoms with Crippen molar-refractivity contribution in [1.29, 1.82) is 0 Å². The van der Waals surface area contributed by atoms with Gasteiger partial charge in [0, 0.05) is 24.8 Å². The Bertz CT molecular complexity index is 819. The molecule has 0 radical (unpaired) electrons. The van der Waals surface area contributed by atoms with Crippen molar-refractivity contribution in [3.8, 4) is 5.75 Å². The molecule has 0 saturated heterocycles. The third kappa shape index (κ3) is 5.21. The standard InChI is InChI=1S/C21H24N4O/c1-16-14-20(23-15-18-6-4-3-5-7-18)25-21(24-16)22-13-12-17-8-10-19(26-2)11-9-17/h3-11,14H,12-13,15H2,1-2H3,(H2,22,23,24,25). The summed E-state index contributed by atoms with van der Waals surface area (Å²) < 4.78 is 5.18. The number of nitrogens with zero attached hydrogens (tertiary/aromatic N) is 2. The number of ether oxygens (including phenoxy) is 1. The van der Waals surface area contributed by atoms with Gasteiger partial charge in [-0.05, 0) is 36.6 Å². The number of nitrogens with one attached hydrogen (secondary N) is 2. The molecule has 0 bridgehead atoms. The maximum Gasteiger partial charge on any atom is 0.224 e. The van der Waals surface area contributed by atoms with E-state index in [2.05, 4.69) is 44.9 Å². The van der Waals surface area contributed by atoms with Crippen LogP contribution in [0.15, 0.2) is 60.7 Å². The lowest BCUT2D eigenvalue weighted by Gasteiger charge is -2.10. The van der Waals surface area contributed by atoms with Gasteiger partial charge in [-0.1, -0.05) is 42.5 Å². The Balaban J connectivity index is 1.54. The van der Waals surface area contributed by atoms with Gasteiger partial charge in [-0.3, -0.25) is 0 Å². The Morgan fingerprint density at radius 1 is 0.885 bits per heavy atom. The van der Waals surface area contributed by atoms with E-state index in [-0.39, 0.29) is 0 Å². The SMILES string of the molecule is COc1ccc(CCNc2nc(C)cc(NCc3ccccc3)n2)cc1. The molecular weight excluding hydrogens is 324 g/mol. The van der Waals surface area contributed by atoms with Crippen molar-refractivity contribution in [2.24, 2.45) is 0 Å². The molecule has 1 heterocycles. The van der Waals surface area contributed by atoms with Crippen LogP contribution in [-0.2, 0) is 13.0 Å². The lowest BCUT2D eigenvalue weighted by atomic mass is 10.1. The zero-order valence-electron chi connectivity index (χ0n) is 15.2. The van der Waals surface area contributed by atoms with E-state index in [1.165, 1.54) is 11.1 Å². The second-order valence-corrected chi connectivity index (χ2v) is 6.08. The summed E-state index contributed by atoms with van der Waals surface area (Å²) >= 11 is 0. The van der Waals surface area contributed by atoms with Gasteiger partial charge in [0.15, 0.2) is 0 Å². The van der Waals surface area contributed by atoms with Crippen LogP contribution in [-0.4, -0.2) is 23.6 Å². The van der Waals surface area contributed by atoms with Gasteiger partial charge in [0.05, 0.1) is 7.11 Å².